The van der Waals surface area contributed by atoms with Crippen molar-refractivity contribution in [2.75, 3.05) is 43.1 Å². The monoisotopic (exact) mass is 452 g/mol. The van der Waals surface area contributed by atoms with Gasteiger partial charge in [0.2, 0.25) is 5.91 Å². The van der Waals surface area contributed by atoms with Crippen molar-refractivity contribution in [1.29, 1.82) is 0 Å². The first kappa shape index (κ1) is 24.5. The minimum Gasteiger partial charge on any atom is -0.370 e. The number of ether oxygens (including phenoxy) is 1. The Hall–Kier alpha value is -2.80. The Balaban J connectivity index is 2.36. The van der Waals surface area contributed by atoms with Crippen LogP contribution in [0.3, 0.4) is 0 Å². The molecule has 3 amide bonds. The summed E-state index contributed by atoms with van der Waals surface area (Å²) in [7, 11) is 0. The summed E-state index contributed by atoms with van der Waals surface area (Å²) in [6.45, 7) is 0.156. The van der Waals surface area contributed by atoms with Gasteiger partial charge >= 0.3 is 6.18 Å². The molecule has 0 aliphatic carbocycles. The topological polar surface area (TPSA) is 105 Å². The molecule has 3 N–H and O–H groups in total. The zero-order chi connectivity index (χ0) is 23.3. The summed E-state index contributed by atoms with van der Waals surface area (Å²) >= 11 is 0. The van der Waals surface area contributed by atoms with Crippen molar-refractivity contribution in [3.05, 3.63) is 23.8 Å². The number of nitrogens with zero attached hydrogens (tertiary/aromatic N) is 2. The number of carbonyl (C=O) groups is 3. The van der Waals surface area contributed by atoms with Crippen LogP contribution in [0.2, 0.25) is 0 Å². The van der Waals surface area contributed by atoms with Crippen LogP contribution in [-0.2, 0) is 25.3 Å². The molecule has 2 rings (SSSR count). The molecule has 1 aliphatic rings. The zero-order valence-electron chi connectivity index (χ0n) is 16.4. The molecule has 1 aliphatic heterocycles. The van der Waals surface area contributed by atoms with Crippen LogP contribution in [0.1, 0.15) is 12.5 Å². The standard InChI is InChI=1S/C18H21F5N4O4/c1-2-26(8-13(19)20)15(16(24)29)17(30)25-12-4-3-10(7-11(12)18(21,22)23)27-5-6-31-9-14(27)28/h3-4,7,13,15H,2,5-6,8-9H2,1H3,(H2,24,29)(H,25,30)/t15-/m1/s1. The van der Waals surface area contributed by atoms with E-state index in [0.29, 0.717) is 6.07 Å². The summed E-state index contributed by atoms with van der Waals surface area (Å²) in [5, 5.41) is 1.95. The number of primary amides is 1. The van der Waals surface area contributed by atoms with Gasteiger partial charge in [-0.1, -0.05) is 6.92 Å². The van der Waals surface area contributed by atoms with Gasteiger partial charge in [-0.25, -0.2) is 8.78 Å². The number of rotatable bonds is 8. The number of alkyl halides is 5. The van der Waals surface area contributed by atoms with E-state index >= 15 is 0 Å². The molecule has 1 heterocycles. The van der Waals surface area contributed by atoms with E-state index in [-0.39, 0.29) is 32.0 Å². The first-order chi connectivity index (χ1) is 14.5. The van der Waals surface area contributed by atoms with E-state index in [4.69, 9.17) is 10.5 Å². The van der Waals surface area contributed by atoms with Gasteiger partial charge in [0, 0.05) is 12.2 Å². The Bertz CT molecular complexity index is 834. The summed E-state index contributed by atoms with van der Waals surface area (Å²) in [5.74, 6) is -3.10. The number of morpholine rings is 1. The third-order valence-electron chi connectivity index (χ3n) is 4.53. The molecular weight excluding hydrogens is 431 g/mol. The predicted molar refractivity (Wildman–Crippen MR) is 99.5 cm³/mol. The van der Waals surface area contributed by atoms with E-state index in [0.717, 1.165) is 15.9 Å². The van der Waals surface area contributed by atoms with Crippen molar-refractivity contribution >= 4 is 29.1 Å². The van der Waals surface area contributed by atoms with Gasteiger partial charge in [-0.05, 0) is 24.7 Å². The Labute approximate surface area is 174 Å². The van der Waals surface area contributed by atoms with E-state index in [1.807, 2.05) is 5.32 Å². The van der Waals surface area contributed by atoms with Crippen molar-refractivity contribution in [1.82, 2.24) is 4.90 Å². The van der Waals surface area contributed by atoms with E-state index in [2.05, 4.69) is 0 Å². The fraction of sp³-hybridized carbons (Fsp3) is 0.500. The molecule has 0 aromatic heterocycles. The number of carbonyl (C=O) groups excluding carboxylic acids is 3. The fourth-order valence-corrected chi connectivity index (χ4v) is 3.11. The Morgan fingerprint density at radius 1 is 1.32 bits per heavy atom. The lowest BCUT2D eigenvalue weighted by molar-refractivity contribution is -0.137. The minimum absolute atomic E-state index is 0.0463. The summed E-state index contributed by atoms with van der Waals surface area (Å²) in [6, 6.07) is 0.875. The highest BCUT2D eigenvalue weighted by Gasteiger charge is 2.37. The molecule has 0 saturated carbocycles. The molecule has 1 atom stereocenters. The third kappa shape index (κ3) is 6.10. The maximum absolute atomic E-state index is 13.6. The summed E-state index contributed by atoms with van der Waals surface area (Å²) in [4.78, 5) is 38.0. The lowest BCUT2D eigenvalue weighted by Crippen LogP contribution is -2.53. The van der Waals surface area contributed by atoms with Gasteiger partial charge in [0.05, 0.1) is 24.4 Å². The second-order valence-electron chi connectivity index (χ2n) is 6.60. The number of anilines is 2. The van der Waals surface area contributed by atoms with Crippen LogP contribution < -0.4 is 16.0 Å². The molecule has 31 heavy (non-hydrogen) atoms. The van der Waals surface area contributed by atoms with Crippen LogP contribution in [0.4, 0.5) is 33.3 Å². The van der Waals surface area contributed by atoms with E-state index < -0.39 is 54.2 Å². The van der Waals surface area contributed by atoms with Crippen molar-refractivity contribution < 1.29 is 41.1 Å². The molecule has 172 valence electrons. The second kappa shape index (κ2) is 10.0. The molecule has 13 heteroatoms. The molecule has 1 aromatic rings. The Morgan fingerprint density at radius 3 is 2.52 bits per heavy atom. The summed E-state index contributed by atoms with van der Waals surface area (Å²) < 4.78 is 71.3. The number of hydrogen-bond acceptors (Lipinski definition) is 5. The molecule has 8 nitrogen and oxygen atoms in total. The Morgan fingerprint density at radius 2 is 2.00 bits per heavy atom. The minimum atomic E-state index is -4.93. The fourth-order valence-electron chi connectivity index (χ4n) is 3.11. The lowest BCUT2D eigenvalue weighted by atomic mass is 10.1. The lowest BCUT2D eigenvalue weighted by Gasteiger charge is -2.29. The van der Waals surface area contributed by atoms with Gasteiger partial charge in [-0.15, -0.1) is 0 Å². The molecule has 0 unspecified atom stereocenters. The van der Waals surface area contributed by atoms with Crippen molar-refractivity contribution in [3.8, 4) is 0 Å². The molecule has 0 bridgehead atoms. The first-order valence-corrected chi connectivity index (χ1v) is 9.17. The smallest absolute Gasteiger partial charge is 0.370 e. The SMILES string of the molecule is CCN(CC(F)F)[C@H](C(N)=O)C(=O)Nc1ccc(N2CCOCC2=O)cc1C(F)(F)F. The third-order valence-corrected chi connectivity index (χ3v) is 4.53. The highest BCUT2D eigenvalue weighted by Crippen LogP contribution is 2.37. The number of benzene rings is 1. The van der Waals surface area contributed by atoms with E-state index in [9.17, 15) is 36.3 Å². The number of nitrogens with two attached hydrogens (primary N) is 1. The average molecular weight is 452 g/mol. The van der Waals surface area contributed by atoms with Crippen LogP contribution in [0.5, 0.6) is 0 Å². The van der Waals surface area contributed by atoms with Crippen molar-refractivity contribution in [2.45, 2.75) is 25.6 Å². The van der Waals surface area contributed by atoms with Crippen LogP contribution >= 0.6 is 0 Å². The zero-order valence-corrected chi connectivity index (χ0v) is 16.4. The summed E-state index contributed by atoms with van der Waals surface area (Å²) in [6.07, 6.45) is -7.82. The van der Waals surface area contributed by atoms with Gasteiger partial charge in [-0.3, -0.25) is 19.3 Å². The predicted octanol–water partition coefficient (Wildman–Crippen LogP) is 1.45. The highest BCUT2D eigenvalue weighted by molar-refractivity contribution is 6.10. The van der Waals surface area contributed by atoms with Crippen LogP contribution in [0, 0.1) is 0 Å². The molecule has 1 saturated heterocycles. The van der Waals surface area contributed by atoms with Crippen LogP contribution in [-0.4, -0.2) is 67.9 Å². The molecule has 1 fully saturated rings. The van der Waals surface area contributed by atoms with E-state index in [1.165, 1.54) is 13.0 Å². The average Bonchev–Trinajstić information content (AvgIpc) is 2.66. The maximum Gasteiger partial charge on any atom is 0.418 e. The van der Waals surface area contributed by atoms with E-state index in [1.54, 1.807) is 0 Å². The second-order valence-corrected chi connectivity index (χ2v) is 6.60. The quantitative estimate of drug-likeness (QED) is 0.459. The van der Waals surface area contributed by atoms with Gasteiger partial charge in [0.25, 0.3) is 18.2 Å². The van der Waals surface area contributed by atoms with Gasteiger partial charge in [-0.2, -0.15) is 13.2 Å². The largest absolute Gasteiger partial charge is 0.418 e. The number of nitrogens with one attached hydrogen (secondary N) is 1. The molecular formula is C18H21F5N4O4. The Kier molecular flexibility index (Phi) is 7.90. The van der Waals surface area contributed by atoms with Crippen molar-refractivity contribution in [2.24, 2.45) is 5.73 Å². The van der Waals surface area contributed by atoms with Crippen LogP contribution in [0.15, 0.2) is 18.2 Å². The van der Waals surface area contributed by atoms with Gasteiger partial charge in [0.15, 0.2) is 6.04 Å². The maximum atomic E-state index is 13.6. The molecule has 1 aromatic carbocycles. The van der Waals surface area contributed by atoms with Gasteiger partial charge in [0.1, 0.15) is 6.61 Å². The number of likely N-dealkylation sites (N-methyl/N-ethyl adjacent to an activating group) is 1. The van der Waals surface area contributed by atoms with Crippen LogP contribution in [0.25, 0.3) is 0 Å². The normalized spacial score (nSPS) is 16.0. The number of hydrogen-bond donors (Lipinski definition) is 2. The van der Waals surface area contributed by atoms with Gasteiger partial charge < -0.3 is 20.7 Å². The van der Waals surface area contributed by atoms with Crippen molar-refractivity contribution in [3.63, 3.8) is 0 Å². The number of amides is 3. The number of halogens is 5. The first-order valence-electron chi connectivity index (χ1n) is 9.17. The molecule has 0 radical (unpaired) electrons. The summed E-state index contributed by atoms with van der Waals surface area (Å²) in [5.41, 5.74) is 3.10. The molecule has 0 spiro atoms. The highest BCUT2D eigenvalue weighted by atomic mass is 19.4.